The Hall–Kier alpha value is -0.320. The van der Waals surface area contributed by atoms with Crippen LogP contribution >= 0.6 is 12.4 Å². The van der Waals surface area contributed by atoms with Gasteiger partial charge in [0.1, 0.15) is 0 Å². The number of carbonyl (C=O) groups excluding carboxylic acids is 1. The summed E-state index contributed by atoms with van der Waals surface area (Å²) in [6, 6.07) is 0.466. The van der Waals surface area contributed by atoms with Gasteiger partial charge in [0.25, 0.3) is 0 Å². The highest BCUT2D eigenvalue weighted by Crippen LogP contribution is 2.22. The van der Waals surface area contributed by atoms with Crippen molar-refractivity contribution in [3.05, 3.63) is 0 Å². The largest absolute Gasteiger partial charge is 0.383 e. The topological polar surface area (TPSA) is 41.6 Å². The van der Waals surface area contributed by atoms with Gasteiger partial charge in [-0.3, -0.25) is 4.79 Å². The smallest absolute Gasteiger partial charge is 0.236 e. The van der Waals surface area contributed by atoms with Crippen LogP contribution in [-0.2, 0) is 9.53 Å². The molecule has 0 aromatic carbocycles. The van der Waals surface area contributed by atoms with Crippen LogP contribution in [0.15, 0.2) is 0 Å². The number of methoxy groups -OCH3 is 1. The van der Waals surface area contributed by atoms with E-state index in [2.05, 4.69) is 24.1 Å². The van der Waals surface area contributed by atoms with Crippen LogP contribution in [0.2, 0.25) is 0 Å². The highest BCUT2D eigenvalue weighted by molar-refractivity contribution is 5.85. The molecule has 0 radical (unpaired) electrons. The Kier molecular flexibility index (Phi) is 11.2. The number of halogens is 1. The highest BCUT2D eigenvalue weighted by atomic mass is 35.5. The minimum absolute atomic E-state index is 0. The van der Waals surface area contributed by atoms with E-state index in [0.29, 0.717) is 19.2 Å². The van der Waals surface area contributed by atoms with Gasteiger partial charge in [-0.05, 0) is 38.0 Å². The van der Waals surface area contributed by atoms with Gasteiger partial charge in [0, 0.05) is 26.2 Å². The molecular weight excluding hydrogens is 276 g/mol. The summed E-state index contributed by atoms with van der Waals surface area (Å²) in [6.45, 7) is 7.29. The van der Waals surface area contributed by atoms with Gasteiger partial charge in [-0.25, -0.2) is 0 Å². The summed E-state index contributed by atoms with van der Waals surface area (Å²) < 4.78 is 4.97. The van der Waals surface area contributed by atoms with Gasteiger partial charge in [0.05, 0.1) is 13.2 Å². The Balaban J connectivity index is 0.00000361. The molecule has 0 aliphatic carbocycles. The van der Waals surface area contributed by atoms with Crippen LogP contribution in [0.4, 0.5) is 0 Å². The fourth-order valence-electron chi connectivity index (χ4n) is 2.63. The molecule has 0 aromatic rings. The lowest BCUT2D eigenvalue weighted by Crippen LogP contribution is -2.47. The fourth-order valence-corrected chi connectivity index (χ4v) is 2.63. The summed E-state index contributed by atoms with van der Waals surface area (Å²) in [4.78, 5) is 14.3. The van der Waals surface area contributed by atoms with E-state index in [0.717, 1.165) is 31.8 Å². The molecule has 4 nitrogen and oxygen atoms in total. The number of hydrogen-bond donors (Lipinski definition) is 1. The van der Waals surface area contributed by atoms with Gasteiger partial charge < -0.3 is 15.0 Å². The summed E-state index contributed by atoms with van der Waals surface area (Å²) in [5.74, 6) is 0.975. The minimum atomic E-state index is 0. The highest BCUT2D eigenvalue weighted by Gasteiger charge is 2.25. The molecule has 0 bridgehead atoms. The second-order valence-electron chi connectivity index (χ2n) is 5.88. The van der Waals surface area contributed by atoms with E-state index in [9.17, 15) is 4.79 Å². The predicted octanol–water partition coefficient (Wildman–Crippen LogP) is 2.46. The summed E-state index contributed by atoms with van der Waals surface area (Å²) in [5, 5.41) is 3.15. The fraction of sp³-hybridized carbons (Fsp3) is 0.933. The van der Waals surface area contributed by atoms with E-state index < -0.39 is 0 Å². The monoisotopic (exact) mass is 306 g/mol. The van der Waals surface area contributed by atoms with Crippen molar-refractivity contribution in [3.63, 3.8) is 0 Å². The Morgan fingerprint density at radius 1 is 1.40 bits per heavy atom. The molecule has 1 amide bonds. The second kappa shape index (κ2) is 11.4. The lowest BCUT2D eigenvalue weighted by Gasteiger charge is -2.36. The zero-order chi connectivity index (χ0) is 14.1. The molecular formula is C15H31ClN2O2. The van der Waals surface area contributed by atoms with E-state index in [-0.39, 0.29) is 18.3 Å². The first kappa shape index (κ1) is 19.7. The Morgan fingerprint density at radius 2 is 2.15 bits per heavy atom. The Bertz CT molecular complexity index is 262. The van der Waals surface area contributed by atoms with Crippen molar-refractivity contribution >= 4 is 18.3 Å². The average Bonchev–Trinajstić information content (AvgIpc) is 2.41. The molecule has 1 N–H and O–H groups in total. The number of nitrogens with one attached hydrogen (secondary N) is 1. The maximum Gasteiger partial charge on any atom is 0.236 e. The van der Waals surface area contributed by atoms with Crippen LogP contribution in [0, 0.1) is 5.92 Å². The van der Waals surface area contributed by atoms with Crippen LogP contribution in [0.1, 0.15) is 46.0 Å². The van der Waals surface area contributed by atoms with Gasteiger partial charge in [-0.15, -0.1) is 12.4 Å². The molecule has 1 rings (SSSR count). The van der Waals surface area contributed by atoms with Crippen molar-refractivity contribution in [1.82, 2.24) is 10.2 Å². The van der Waals surface area contributed by atoms with Crippen molar-refractivity contribution in [1.29, 1.82) is 0 Å². The van der Waals surface area contributed by atoms with Gasteiger partial charge in [-0.1, -0.05) is 13.8 Å². The molecule has 1 heterocycles. The van der Waals surface area contributed by atoms with E-state index in [4.69, 9.17) is 4.74 Å². The molecule has 5 heteroatoms. The van der Waals surface area contributed by atoms with E-state index in [1.165, 1.54) is 19.3 Å². The zero-order valence-corrected chi connectivity index (χ0v) is 14.0. The Labute approximate surface area is 130 Å². The average molecular weight is 307 g/mol. The maximum atomic E-state index is 12.2. The first-order valence-corrected chi connectivity index (χ1v) is 7.64. The molecule has 1 aliphatic rings. The molecule has 0 spiro atoms. The molecule has 1 atom stereocenters. The van der Waals surface area contributed by atoms with E-state index in [1.54, 1.807) is 7.11 Å². The van der Waals surface area contributed by atoms with Crippen LogP contribution in [0.5, 0.6) is 0 Å². The molecule has 1 saturated heterocycles. The molecule has 0 saturated carbocycles. The lowest BCUT2D eigenvalue weighted by molar-refractivity contribution is -0.134. The van der Waals surface area contributed by atoms with E-state index >= 15 is 0 Å². The SMILES string of the molecule is COCCNCC(=O)N1CCCCC1CCC(C)C.Cl. The first-order valence-electron chi connectivity index (χ1n) is 7.64. The Morgan fingerprint density at radius 3 is 2.80 bits per heavy atom. The number of piperidine rings is 1. The van der Waals surface area contributed by atoms with Crippen molar-refractivity contribution in [2.24, 2.45) is 5.92 Å². The molecule has 20 heavy (non-hydrogen) atoms. The number of nitrogens with zero attached hydrogens (tertiary/aromatic N) is 1. The van der Waals surface area contributed by atoms with Crippen molar-refractivity contribution in [2.45, 2.75) is 52.0 Å². The number of rotatable bonds is 8. The van der Waals surface area contributed by atoms with Crippen molar-refractivity contribution < 1.29 is 9.53 Å². The van der Waals surface area contributed by atoms with Crippen LogP contribution < -0.4 is 5.32 Å². The number of likely N-dealkylation sites (tertiary alicyclic amines) is 1. The predicted molar refractivity (Wildman–Crippen MR) is 85.4 cm³/mol. The van der Waals surface area contributed by atoms with Crippen molar-refractivity contribution in [2.75, 3.05) is 33.4 Å². The van der Waals surface area contributed by atoms with Gasteiger partial charge >= 0.3 is 0 Å². The molecule has 0 aromatic heterocycles. The molecule has 1 unspecified atom stereocenters. The maximum absolute atomic E-state index is 12.2. The van der Waals surface area contributed by atoms with Crippen LogP contribution in [-0.4, -0.2) is 50.2 Å². The third-order valence-electron chi connectivity index (χ3n) is 3.78. The van der Waals surface area contributed by atoms with Gasteiger partial charge in [-0.2, -0.15) is 0 Å². The number of ether oxygens (including phenoxy) is 1. The van der Waals surface area contributed by atoms with Crippen molar-refractivity contribution in [3.8, 4) is 0 Å². The summed E-state index contributed by atoms with van der Waals surface area (Å²) >= 11 is 0. The third-order valence-corrected chi connectivity index (χ3v) is 3.78. The van der Waals surface area contributed by atoms with Crippen LogP contribution in [0.25, 0.3) is 0 Å². The van der Waals surface area contributed by atoms with Crippen LogP contribution in [0.3, 0.4) is 0 Å². The number of hydrogen-bond acceptors (Lipinski definition) is 3. The third kappa shape index (κ3) is 7.46. The second-order valence-corrected chi connectivity index (χ2v) is 5.88. The molecule has 120 valence electrons. The van der Waals surface area contributed by atoms with E-state index in [1.807, 2.05) is 0 Å². The lowest BCUT2D eigenvalue weighted by atomic mass is 9.94. The summed E-state index contributed by atoms with van der Waals surface area (Å²) in [7, 11) is 1.68. The number of carbonyl (C=O) groups is 1. The molecule has 1 aliphatic heterocycles. The van der Waals surface area contributed by atoms with Gasteiger partial charge in [0.2, 0.25) is 5.91 Å². The quantitative estimate of drug-likeness (QED) is 0.700. The standard InChI is InChI=1S/C15H30N2O2.ClH/c1-13(2)7-8-14-6-4-5-10-17(14)15(18)12-16-9-11-19-3;/h13-14,16H,4-12H2,1-3H3;1H. The van der Waals surface area contributed by atoms with Gasteiger partial charge in [0.15, 0.2) is 0 Å². The first-order chi connectivity index (χ1) is 9.15. The minimum Gasteiger partial charge on any atom is -0.383 e. The summed E-state index contributed by atoms with van der Waals surface area (Å²) in [6.07, 6.45) is 5.97. The zero-order valence-electron chi connectivity index (χ0n) is 13.2. The number of amides is 1. The normalized spacial score (nSPS) is 19.0. The molecule has 1 fully saturated rings. The summed E-state index contributed by atoms with van der Waals surface area (Å²) in [5.41, 5.74) is 0.